The third kappa shape index (κ3) is 5.66. The van der Waals surface area contributed by atoms with Gasteiger partial charge >= 0.3 is 5.97 Å². The first kappa shape index (κ1) is 21.4. The smallest absolute Gasteiger partial charge is 0.326 e. The molecule has 1 aliphatic heterocycles. The van der Waals surface area contributed by atoms with Gasteiger partial charge in [0.25, 0.3) is 11.7 Å². The van der Waals surface area contributed by atoms with E-state index in [-0.39, 0.29) is 12.5 Å². The number of hydrogen-bond donors (Lipinski definition) is 2. The first-order valence-corrected chi connectivity index (χ1v) is 9.15. The van der Waals surface area contributed by atoms with Crippen LogP contribution < -0.4 is 0 Å². The van der Waals surface area contributed by atoms with Crippen molar-refractivity contribution in [2.75, 3.05) is 6.54 Å². The lowest BCUT2D eigenvalue weighted by Gasteiger charge is -2.35. The van der Waals surface area contributed by atoms with Crippen molar-refractivity contribution in [3.63, 3.8) is 0 Å². The number of likely N-dealkylation sites (tertiary alicyclic amines) is 1. The molecule has 1 fully saturated rings. The van der Waals surface area contributed by atoms with Gasteiger partial charge in [0, 0.05) is 6.54 Å². The van der Waals surface area contributed by atoms with Gasteiger partial charge in [-0.25, -0.2) is 4.79 Å². The molecule has 0 radical (unpaired) electrons. The van der Waals surface area contributed by atoms with Gasteiger partial charge in [-0.2, -0.15) is 0 Å². The fourth-order valence-electron chi connectivity index (χ4n) is 3.16. The highest BCUT2D eigenvalue weighted by Gasteiger charge is 2.44. The van der Waals surface area contributed by atoms with Crippen molar-refractivity contribution in [1.82, 2.24) is 4.90 Å². The molecular formula is C19H31NO5. The number of ketones is 1. The van der Waals surface area contributed by atoms with E-state index in [4.69, 9.17) is 0 Å². The Kier molecular flexibility index (Phi) is 8.29. The molecule has 0 aromatic rings. The molecule has 0 aromatic carbocycles. The standard InChI is InChI=1S/C19H31NO5/c1-4-5-6-7-8-11-14(2)19(3,25)16(21)17(22)20-13-10-9-12-15(20)18(23)24/h4-5,14-15,25H,6-13H2,1-3H3,(H,23,24)/b5-4-/t14?,15?,19-/m1/s1. The summed E-state index contributed by atoms with van der Waals surface area (Å²) in [6, 6.07) is -0.975. The van der Waals surface area contributed by atoms with E-state index in [1.165, 1.54) is 6.92 Å². The van der Waals surface area contributed by atoms with E-state index in [0.717, 1.165) is 24.2 Å². The number of hydrogen-bond acceptors (Lipinski definition) is 4. The highest BCUT2D eigenvalue weighted by molar-refractivity contribution is 6.39. The second-order valence-corrected chi connectivity index (χ2v) is 7.08. The molecule has 1 rings (SSSR count). The number of Topliss-reactive ketones (excluding diaryl/α,β-unsaturated/α-hetero) is 1. The maximum Gasteiger partial charge on any atom is 0.326 e. The predicted octanol–water partition coefficient (Wildman–Crippen LogP) is 2.54. The number of rotatable bonds is 9. The zero-order chi connectivity index (χ0) is 19.0. The third-order valence-electron chi connectivity index (χ3n) is 5.16. The largest absolute Gasteiger partial charge is 0.480 e. The van der Waals surface area contributed by atoms with Crippen molar-refractivity contribution in [3.8, 4) is 0 Å². The lowest BCUT2D eigenvalue weighted by molar-refractivity contribution is -0.163. The van der Waals surface area contributed by atoms with Gasteiger partial charge in [-0.15, -0.1) is 0 Å². The lowest BCUT2D eigenvalue weighted by Crippen LogP contribution is -2.56. The second-order valence-electron chi connectivity index (χ2n) is 7.08. The Hall–Kier alpha value is -1.69. The van der Waals surface area contributed by atoms with E-state index in [9.17, 15) is 24.6 Å². The Labute approximate surface area is 149 Å². The van der Waals surface area contributed by atoms with E-state index in [0.29, 0.717) is 25.7 Å². The SMILES string of the molecule is C/C=C\CCCCC(C)[C@@](C)(O)C(=O)C(=O)N1CCCCC1C(=O)O. The molecule has 0 aromatic heterocycles. The van der Waals surface area contributed by atoms with Crippen LogP contribution in [-0.2, 0) is 14.4 Å². The molecule has 2 unspecified atom stereocenters. The Morgan fingerprint density at radius 2 is 1.96 bits per heavy atom. The fraction of sp³-hybridized carbons (Fsp3) is 0.737. The topological polar surface area (TPSA) is 94.9 Å². The number of carboxylic acids is 1. The number of carbonyl (C=O) groups excluding carboxylic acids is 2. The number of amides is 1. The van der Waals surface area contributed by atoms with E-state index in [2.05, 4.69) is 6.08 Å². The zero-order valence-corrected chi connectivity index (χ0v) is 15.5. The van der Waals surface area contributed by atoms with Crippen LogP contribution in [0, 0.1) is 5.92 Å². The van der Waals surface area contributed by atoms with Gasteiger partial charge < -0.3 is 15.1 Å². The molecule has 0 spiro atoms. The normalized spacial score (nSPS) is 21.8. The Morgan fingerprint density at radius 1 is 1.28 bits per heavy atom. The molecule has 1 aliphatic rings. The summed E-state index contributed by atoms with van der Waals surface area (Å²) in [4.78, 5) is 37.5. The Bertz CT molecular complexity index is 512. The van der Waals surface area contributed by atoms with Crippen LogP contribution in [0.25, 0.3) is 0 Å². The molecule has 2 N–H and O–H groups in total. The molecule has 0 saturated carbocycles. The molecular weight excluding hydrogens is 322 g/mol. The van der Waals surface area contributed by atoms with E-state index in [1.807, 2.05) is 13.0 Å². The van der Waals surface area contributed by atoms with Crippen molar-refractivity contribution >= 4 is 17.7 Å². The molecule has 142 valence electrons. The number of nitrogens with zero attached hydrogens (tertiary/aromatic N) is 1. The van der Waals surface area contributed by atoms with Crippen molar-refractivity contribution in [1.29, 1.82) is 0 Å². The van der Waals surface area contributed by atoms with Gasteiger partial charge in [-0.3, -0.25) is 9.59 Å². The van der Waals surface area contributed by atoms with Crippen LogP contribution in [-0.4, -0.2) is 51.0 Å². The van der Waals surface area contributed by atoms with Crippen LogP contribution in [0.2, 0.25) is 0 Å². The van der Waals surface area contributed by atoms with Gasteiger partial charge in [-0.05, 0) is 58.3 Å². The summed E-state index contributed by atoms with van der Waals surface area (Å²) in [5.74, 6) is -3.25. The number of unbranched alkanes of at least 4 members (excludes halogenated alkanes) is 2. The molecule has 1 saturated heterocycles. The molecule has 6 heteroatoms. The molecule has 0 aliphatic carbocycles. The van der Waals surface area contributed by atoms with Gasteiger partial charge in [-0.1, -0.05) is 25.5 Å². The van der Waals surface area contributed by atoms with Crippen LogP contribution in [0.15, 0.2) is 12.2 Å². The summed E-state index contributed by atoms with van der Waals surface area (Å²) in [6.45, 7) is 5.33. The van der Waals surface area contributed by atoms with Crippen LogP contribution in [0.1, 0.15) is 65.7 Å². The zero-order valence-electron chi connectivity index (χ0n) is 15.5. The summed E-state index contributed by atoms with van der Waals surface area (Å²) in [6.07, 6.45) is 9.18. The quantitative estimate of drug-likeness (QED) is 0.377. The minimum absolute atomic E-state index is 0.245. The second kappa shape index (κ2) is 9.70. The predicted molar refractivity (Wildman–Crippen MR) is 95.1 cm³/mol. The molecule has 0 bridgehead atoms. The monoisotopic (exact) mass is 353 g/mol. The summed E-state index contributed by atoms with van der Waals surface area (Å²) < 4.78 is 0. The van der Waals surface area contributed by atoms with Gasteiger partial charge in [0.05, 0.1) is 0 Å². The van der Waals surface area contributed by atoms with Crippen molar-refractivity contribution in [2.45, 2.75) is 77.4 Å². The number of aliphatic carboxylic acids is 1. The first-order valence-electron chi connectivity index (χ1n) is 9.15. The maximum atomic E-state index is 12.6. The van der Waals surface area contributed by atoms with Gasteiger partial charge in [0.15, 0.2) is 0 Å². The summed E-state index contributed by atoms with van der Waals surface area (Å²) in [5.41, 5.74) is -1.78. The van der Waals surface area contributed by atoms with Gasteiger partial charge in [0.2, 0.25) is 0 Å². The minimum Gasteiger partial charge on any atom is -0.480 e. The maximum absolute atomic E-state index is 12.6. The van der Waals surface area contributed by atoms with E-state index < -0.39 is 29.3 Å². The fourth-order valence-corrected chi connectivity index (χ4v) is 3.16. The Balaban J connectivity index is 2.70. The van der Waals surface area contributed by atoms with E-state index >= 15 is 0 Å². The average Bonchev–Trinajstić information content (AvgIpc) is 2.59. The van der Waals surface area contributed by atoms with Crippen molar-refractivity contribution in [3.05, 3.63) is 12.2 Å². The van der Waals surface area contributed by atoms with Crippen LogP contribution in [0.5, 0.6) is 0 Å². The Morgan fingerprint density at radius 3 is 2.56 bits per heavy atom. The number of aliphatic hydroxyl groups is 1. The molecule has 25 heavy (non-hydrogen) atoms. The number of carbonyl (C=O) groups is 3. The molecule has 1 heterocycles. The minimum atomic E-state index is -1.78. The van der Waals surface area contributed by atoms with Crippen LogP contribution >= 0.6 is 0 Å². The highest BCUT2D eigenvalue weighted by atomic mass is 16.4. The van der Waals surface area contributed by atoms with Crippen molar-refractivity contribution in [2.24, 2.45) is 5.92 Å². The molecule has 1 amide bonds. The highest BCUT2D eigenvalue weighted by Crippen LogP contribution is 2.26. The van der Waals surface area contributed by atoms with Crippen molar-refractivity contribution < 1.29 is 24.6 Å². The summed E-state index contributed by atoms with van der Waals surface area (Å²) in [5, 5.41) is 19.9. The summed E-state index contributed by atoms with van der Waals surface area (Å²) >= 11 is 0. The third-order valence-corrected chi connectivity index (χ3v) is 5.16. The number of piperidine rings is 1. The van der Waals surface area contributed by atoms with Crippen LogP contribution in [0.3, 0.4) is 0 Å². The summed E-state index contributed by atoms with van der Waals surface area (Å²) in [7, 11) is 0. The molecule has 3 atom stereocenters. The lowest BCUT2D eigenvalue weighted by atomic mass is 9.82. The molecule has 6 nitrogen and oxygen atoms in total. The van der Waals surface area contributed by atoms with Gasteiger partial charge in [0.1, 0.15) is 11.6 Å². The number of allylic oxidation sites excluding steroid dienone is 2. The van der Waals surface area contributed by atoms with E-state index in [1.54, 1.807) is 6.92 Å². The number of carboxylic acid groups (broad SMARTS) is 1. The van der Waals surface area contributed by atoms with Crippen LogP contribution in [0.4, 0.5) is 0 Å². The average molecular weight is 353 g/mol. The first-order chi connectivity index (χ1) is 11.7.